The first-order valence-electron chi connectivity index (χ1n) is 8.52. The minimum absolute atomic E-state index is 0.148. The molecule has 2 amide bonds. The summed E-state index contributed by atoms with van der Waals surface area (Å²) in [6.45, 7) is 1.43. The SMILES string of the molecule is CN1N=C(NC(=O)N2CCC[C@@H](c3ccc(Cl)cc3)CC2)C=CC1O. The van der Waals surface area contributed by atoms with E-state index in [-0.39, 0.29) is 6.03 Å². The lowest BCUT2D eigenvalue weighted by Crippen LogP contribution is -2.44. The molecule has 1 unspecified atom stereocenters. The summed E-state index contributed by atoms with van der Waals surface area (Å²) in [7, 11) is 1.66. The van der Waals surface area contributed by atoms with Crippen LogP contribution in [0.25, 0.3) is 0 Å². The molecule has 2 N–H and O–H groups in total. The summed E-state index contributed by atoms with van der Waals surface area (Å²) in [5.41, 5.74) is 1.28. The number of likely N-dealkylation sites (N-methyl/N-ethyl adjacent to an activating group) is 1. The van der Waals surface area contributed by atoms with Crippen LogP contribution in [0.1, 0.15) is 30.7 Å². The quantitative estimate of drug-likeness (QED) is 0.807. The molecule has 134 valence electrons. The molecule has 2 heterocycles. The lowest BCUT2D eigenvalue weighted by molar-refractivity contribution is 0.0629. The Balaban J connectivity index is 1.57. The van der Waals surface area contributed by atoms with Gasteiger partial charge in [-0.05, 0) is 55.0 Å². The molecule has 0 saturated carbocycles. The summed E-state index contributed by atoms with van der Waals surface area (Å²) in [4.78, 5) is 14.3. The molecule has 3 rings (SSSR count). The molecule has 7 heteroatoms. The van der Waals surface area contributed by atoms with Gasteiger partial charge in [0.15, 0.2) is 12.1 Å². The molecule has 0 radical (unpaired) electrons. The van der Waals surface area contributed by atoms with Crippen molar-refractivity contribution in [3.05, 3.63) is 47.0 Å². The van der Waals surface area contributed by atoms with Gasteiger partial charge in [-0.25, -0.2) is 4.79 Å². The Kier molecular flexibility index (Phi) is 5.60. The first kappa shape index (κ1) is 17.8. The zero-order valence-electron chi connectivity index (χ0n) is 14.2. The van der Waals surface area contributed by atoms with Crippen LogP contribution >= 0.6 is 11.6 Å². The molecule has 0 bridgehead atoms. The van der Waals surface area contributed by atoms with E-state index in [1.165, 1.54) is 10.6 Å². The number of likely N-dealkylation sites (tertiary alicyclic amines) is 1. The number of nitrogens with zero attached hydrogens (tertiary/aromatic N) is 3. The number of carbonyl (C=O) groups is 1. The summed E-state index contributed by atoms with van der Waals surface area (Å²) in [5, 5.41) is 18.7. The maximum Gasteiger partial charge on any atom is 0.323 e. The Morgan fingerprint density at radius 1 is 1.28 bits per heavy atom. The van der Waals surface area contributed by atoms with E-state index in [2.05, 4.69) is 22.6 Å². The highest BCUT2D eigenvalue weighted by atomic mass is 35.5. The Labute approximate surface area is 152 Å². The van der Waals surface area contributed by atoms with Gasteiger partial charge in [-0.1, -0.05) is 23.7 Å². The number of benzene rings is 1. The van der Waals surface area contributed by atoms with E-state index in [0.717, 1.165) is 30.8 Å². The molecule has 1 aromatic rings. The standard InChI is InChI=1S/C18H23ClN4O2/c1-22-17(24)9-8-16(21-22)20-18(25)23-11-2-3-13(10-12-23)14-4-6-15(19)7-5-14/h4-9,13,17,24H,2-3,10-12H2,1H3,(H,20,21,25)/t13-,17?/m1/s1. The van der Waals surface area contributed by atoms with Crippen molar-refractivity contribution in [2.24, 2.45) is 5.10 Å². The van der Waals surface area contributed by atoms with Crippen molar-refractivity contribution >= 4 is 23.5 Å². The van der Waals surface area contributed by atoms with Crippen LogP contribution in [-0.4, -0.2) is 53.2 Å². The summed E-state index contributed by atoms with van der Waals surface area (Å²) in [6.07, 6.45) is 5.40. The Hall–Kier alpha value is -2.05. The second-order valence-corrected chi connectivity index (χ2v) is 6.86. The van der Waals surface area contributed by atoms with E-state index in [9.17, 15) is 9.90 Å². The normalized spacial score (nSPS) is 23.9. The third kappa shape index (κ3) is 4.52. The average Bonchev–Trinajstić information content (AvgIpc) is 2.85. The number of nitrogens with one attached hydrogen (secondary N) is 1. The third-order valence-electron chi connectivity index (χ3n) is 4.67. The fourth-order valence-electron chi connectivity index (χ4n) is 3.19. The van der Waals surface area contributed by atoms with E-state index in [1.807, 2.05) is 17.0 Å². The summed E-state index contributed by atoms with van der Waals surface area (Å²) >= 11 is 5.96. The zero-order valence-corrected chi connectivity index (χ0v) is 15.0. The van der Waals surface area contributed by atoms with E-state index in [0.29, 0.717) is 18.3 Å². The van der Waals surface area contributed by atoms with Crippen LogP contribution in [0.5, 0.6) is 0 Å². The van der Waals surface area contributed by atoms with Gasteiger partial charge in [-0.2, -0.15) is 5.10 Å². The van der Waals surface area contributed by atoms with Crippen molar-refractivity contribution in [1.82, 2.24) is 15.2 Å². The molecular formula is C18H23ClN4O2. The highest BCUT2D eigenvalue weighted by Gasteiger charge is 2.23. The second-order valence-electron chi connectivity index (χ2n) is 6.43. The van der Waals surface area contributed by atoms with Crippen LogP contribution in [0.3, 0.4) is 0 Å². The number of halogens is 1. The molecular weight excluding hydrogens is 340 g/mol. The van der Waals surface area contributed by atoms with Crippen LogP contribution in [0.15, 0.2) is 41.5 Å². The topological polar surface area (TPSA) is 68.2 Å². The van der Waals surface area contributed by atoms with Crippen LogP contribution in [-0.2, 0) is 0 Å². The maximum absolute atomic E-state index is 12.5. The molecule has 2 aliphatic heterocycles. The van der Waals surface area contributed by atoms with Crippen molar-refractivity contribution in [3.8, 4) is 0 Å². The van der Waals surface area contributed by atoms with Crippen molar-refractivity contribution in [2.75, 3.05) is 20.1 Å². The third-order valence-corrected chi connectivity index (χ3v) is 4.92. The van der Waals surface area contributed by atoms with Crippen LogP contribution in [0.2, 0.25) is 5.02 Å². The molecule has 1 saturated heterocycles. The van der Waals surface area contributed by atoms with Crippen molar-refractivity contribution in [2.45, 2.75) is 31.4 Å². The number of aliphatic hydroxyl groups excluding tert-OH is 1. The molecule has 25 heavy (non-hydrogen) atoms. The summed E-state index contributed by atoms with van der Waals surface area (Å²) in [6, 6.07) is 7.84. The van der Waals surface area contributed by atoms with Crippen LogP contribution < -0.4 is 5.32 Å². The van der Waals surface area contributed by atoms with Gasteiger partial charge in [0.1, 0.15) is 0 Å². The highest BCUT2D eigenvalue weighted by Crippen LogP contribution is 2.28. The number of aliphatic hydroxyl groups is 1. The van der Waals surface area contributed by atoms with Gasteiger partial charge in [-0.3, -0.25) is 10.3 Å². The number of hydrogen-bond acceptors (Lipinski definition) is 4. The predicted octanol–water partition coefficient (Wildman–Crippen LogP) is 2.75. The molecule has 2 aliphatic rings. The molecule has 0 aliphatic carbocycles. The van der Waals surface area contributed by atoms with Gasteiger partial charge in [0, 0.05) is 25.2 Å². The maximum atomic E-state index is 12.5. The van der Waals surface area contributed by atoms with Crippen molar-refractivity contribution in [3.63, 3.8) is 0 Å². The summed E-state index contributed by atoms with van der Waals surface area (Å²) < 4.78 is 0. The fraction of sp³-hybridized carbons (Fsp3) is 0.444. The molecule has 0 aromatic heterocycles. The Bertz CT molecular complexity index is 674. The number of amides is 2. The Morgan fingerprint density at radius 2 is 2.04 bits per heavy atom. The van der Waals surface area contributed by atoms with Crippen LogP contribution in [0.4, 0.5) is 4.79 Å². The number of hydrazone groups is 1. The number of hydrogen-bond donors (Lipinski definition) is 2. The number of amidine groups is 1. The first-order chi connectivity index (χ1) is 12.0. The smallest absolute Gasteiger partial charge is 0.323 e. The second kappa shape index (κ2) is 7.89. The minimum Gasteiger partial charge on any atom is -0.369 e. The monoisotopic (exact) mass is 362 g/mol. The van der Waals surface area contributed by atoms with E-state index >= 15 is 0 Å². The van der Waals surface area contributed by atoms with Crippen molar-refractivity contribution < 1.29 is 9.90 Å². The van der Waals surface area contributed by atoms with Crippen LogP contribution in [0, 0.1) is 0 Å². The molecule has 2 atom stereocenters. The number of rotatable bonds is 1. The molecule has 6 nitrogen and oxygen atoms in total. The molecule has 0 spiro atoms. The van der Waals surface area contributed by atoms with Gasteiger partial charge in [0.2, 0.25) is 0 Å². The zero-order chi connectivity index (χ0) is 17.8. The van der Waals surface area contributed by atoms with Gasteiger partial charge < -0.3 is 10.0 Å². The largest absolute Gasteiger partial charge is 0.369 e. The van der Waals surface area contributed by atoms with E-state index in [4.69, 9.17) is 11.6 Å². The number of carbonyl (C=O) groups excluding carboxylic acids is 1. The average molecular weight is 363 g/mol. The lowest BCUT2D eigenvalue weighted by atomic mass is 9.92. The van der Waals surface area contributed by atoms with Gasteiger partial charge in [-0.15, -0.1) is 0 Å². The fourth-order valence-corrected chi connectivity index (χ4v) is 3.31. The van der Waals surface area contributed by atoms with Gasteiger partial charge >= 0.3 is 6.03 Å². The Morgan fingerprint density at radius 3 is 2.76 bits per heavy atom. The molecule has 1 aromatic carbocycles. The van der Waals surface area contributed by atoms with Gasteiger partial charge in [0.25, 0.3) is 0 Å². The first-order valence-corrected chi connectivity index (χ1v) is 8.90. The van der Waals surface area contributed by atoms with Crippen molar-refractivity contribution in [1.29, 1.82) is 0 Å². The molecule has 1 fully saturated rings. The van der Waals surface area contributed by atoms with E-state index < -0.39 is 6.23 Å². The highest BCUT2D eigenvalue weighted by molar-refractivity contribution is 6.30. The lowest BCUT2D eigenvalue weighted by Gasteiger charge is -2.25. The van der Waals surface area contributed by atoms with Gasteiger partial charge in [0.05, 0.1) is 0 Å². The number of urea groups is 1. The minimum atomic E-state index is -0.751. The van der Waals surface area contributed by atoms with E-state index in [1.54, 1.807) is 19.2 Å². The summed E-state index contributed by atoms with van der Waals surface area (Å²) in [5.74, 6) is 0.888. The predicted molar refractivity (Wildman–Crippen MR) is 98.5 cm³/mol.